The van der Waals surface area contributed by atoms with Gasteiger partial charge in [0, 0.05) is 5.56 Å². The standard InChI is InChI=1S/C16H17BrO/c1-11-15(8-9-18-11)16(17)14-7-6-12-4-2-3-5-13(12)10-14/h6-10,16H,2-5H2,1H3. The molecule has 0 N–H and O–H groups in total. The summed E-state index contributed by atoms with van der Waals surface area (Å²) in [4.78, 5) is 0.239. The number of alkyl halides is 1. The van der Waals surface area contributed by atoms with Crippen LogP contribution in [0.2, 0.25) is 0 Å². The van der Waals surface area contributed by atoms with Crippen molar-refractivity contribution in [2.24, 2.45) is 0 Å². The van der Waals surface area contributed by atoms with Gasteiger partial charge < -0.3 is 4.42 Å². The molecular formula is C16H17BrO. The lowest BCUT2D eigenvalue weighted by atomic mass is 9.89. The third-order valence-corrected chi connectivity index (χ3v) is 4.86. The molecule has 3 rings (SSSR count). The summed E-state index contributed by atoms with van der Waals surface area (Å²) in [5.41, 5.74) is 5.63. The number of halogens is 1. The van der Waals surface area contributed by atoms with Gasteiger partial charge in [-0.25, -0.2) is 0 Å². The van der Waals surface area contributed by atoms with Crippen LogP contribution in [0.3, 0.4) is 0 Å². The van der Waals surface area contributed by atoms with E-state index in [9.17, 15) is 0 Å². The number of fused-ring (bicyclic) bond motifs is 1. The summed E-state index contributed by atoms with van der Waals surface area (Å²) in [6.07, 6.45) is 6.90. The molecule has 1 aliphatic carbocycles. The maximum Gasteiger partial charge on any atom is 0.105 e. The van der Waals surface area contributed by atoms with Gasteiger partial charge in [-0.1, -0.05) is 34.1 Å². The first-order chi connectivity index (χ1) is 8.75. The molecule has 2 aromatic rings. The average Bonchev–Trinajstić information content (AvgIpc) is 2.83. The first-order valence-corrected chi connectivity index (χ1v) is 7.47. The Kier molecular flexibility index (Phi) is 3.29. The van der Waals surface area contributed by atoms with Gasteiger partial charge in [0.1, 0.15) is 5.76 Å². The fraction of sp³-hybridized carbons (Fsp3) is 0.375. The van der Waals surface area contributed by atoms with Crippen LogP contribution in [0.4, 0.5) is 0 Å². The highest BCUT2D eigenvalue weighted by Gasteiger charge is 2.17. The molecule has 0 saturated carbocycles. The van der Waals surface area contributed by atoms with Gasteiger partial charge in [0.15, 0.2) is 0 Å². The third kappa shape index (κ3) is 2.14. The van der Waals surface area contributed by atoms with Crippen LogP contribution in [0.5, 0.6) is 0 Å². The number of rotatable bonds is 2. The summed E-state index contributed by atoms with van der Waals surface area (Å²) in [5.74, 6) is 0.995. The molecular weight excluding hydrogens is 288 g/mol. The number of aryl methyl sites for hydroxylation is 3. The van der Waals surface area contributed by atoms with Crippen molar-refractivity contribution in [3.8, 4) is 0 Å². The molecule has 1 aliphatic rings. The molecule has 1 atom stereocenters. The zero-order valence-corrected chi connectivity index (χ0v) is 12.2. The van der Waals surface area contributed by atoms with Gasteiger partial charge in [0.25, 0.3) is 0 Å². The largest absolute Gasteiger partial charge is 0.469 e. The quantitative estimate of drug-likeness (QED) is 0.715. The average molecular weight is 305 g/mol. The van der Waals surface area contributed by atoms with Crippen molar-refractivity contribution in [3.63, 3.8) is 0 Å². The second kappa shape index (κ2) is 4.93. The molecule has 94 valence electrons. The zero-order valence-electron chi connectivity index (χ0n) is 10.6. The maximum atomic E-state index is 5.39. The van der Waals surface area contributed by atoms with Crippen molar-refractivity contribution in [2.45, 2.75) is 37.4 Å². The van der Waals surface area contributed by atoms with E-state index in [1.165, 1.54) is 47.9 Å². The van der Waals surface area contributed by atoms with Crippen LogP contribution in [0.25, 0.3) is 0 Å². The highest BCUT2D eigenvalue weighted by atomic mass is 79.9. The Hall–Kier alpha value is -1.02. The number of hydrogen-bond acceptors (Lipinski definition) is 1. The van der Waals surface area contributed by atoms with Gasteiger partial charge in [0.05, 0.1) is 11.1 Å². The lowest BCUT2D eigenvalue weighted by Crippen LogP contribution is -2.04. The topological polar surface area (TPSA) is 13.1 Å². The first kappa shape index (κ1) is 12.0. The van der Waals surface area contributed by atoms with Crippen LogP contribution < -0.4 is 0 Å². The number of furan rings is 1. The molecule has 1 aromatic heterocycles. The van der Waals surface area contributed by atoms with Crippen LogP contribution in [-0.4, -0.2) is 0 Å². The molecule has 2 heteroatoms. The van der Waals surface area contributed by atoms with Crippen molar-refractivity contribution in [1.82, 2.24) is 0 Å². The van der Waals surface area contributed by atoms with E-state index < -0.39 is 0 Å². The molecule has 1 aromatic carbocycles. The van der Waals surface area contributed by atoms with E-state index in [2.05, 4.69) is 34.1 Å². The van der Waals surface area contributed by atoms with E-state index >= 15 is 0 Å². The number of hydrogen-bond donors (Lipinski definition) is 0. The van der Waals surface area contributed by atoms with Crippen LogP contribution >= 0.6 is 15.9 Å². The molecule has 0 aliphatic heterocycles. The highest BCUT2D eigenvalue weighted by Crippen LogP contribution is 2.35. The van der Waals surface area contributed by atoms with E-state index in [1.54, 1.807) is 6.26 Å². The van der Waals surface area contributed by atoms with E-state index in [4.69, 9.17) is 4.42 Å². The minimum Gasteiger partial charge on any atom is -0.469 e. The predicted molar refractivity (Wildman–Crippen MR) is 77.3 cm³/mol. The van der Waals surface area contributed by atoms with E-state index in [-0.39, 0.29) is 4.83 Å². The molecule has 1 unspecified atom stereocenters. The minimum absolute atomic E-state index is 0.239. The summed E-state index contributed by atoms with van der Waals surface area (Å²) < 4.78 is 5.39. The van der Waals surface area contributed by atoms with Crippen LogP contribution in [-0.2, 0) is 12.8 Å². The summed E-state index contributed by atoms with van der Waals surface area (Å²) in [6.45, 7) is 2.02. The van der Waals surface area contributed by atoms with Crippen molar-refractivity contribution >= 4 is 15.9 Å². The third-order valence-electron chi connectivity index (χ3n) is 3.84. The summed E-state index contributed by atoms with van der Waals surface area (Å²) in [5, 5.41) is 0. The second-order valence-corrected chi connectivity index (χ2v) is 5.95. The Morgan fingerprint density at radius 3 is 2.61 bits per heavy atom. The molecule has 0 fully saturated rings. The first-order valence-electron chi connectivity index (χ1n) is 6.55. The van der Waals surface area contributed by atoms with Gasteiger partial charge in [0.2, 0.25) is 0 Å². The lowest BCUT2D eigenvalue weighted by molar-refractivity contribution is 0.530. The Bertz CT molecular complexity index is 556. The molecule has 0 spiro atoms. The Morgan fingerprint density at radius 2 is 1.89 bits per heavy atom. The smallest absolute Gasteiger partial charge is 0.105 e. The minimum atomic E-state index is 0.239. The Morgan fingerprint density at radius 1 is 1.11 bits per heavy atom. The van der Waals surface area contributed by atoms with Gasteiger partial charge in [-0.3, -0.25) is 0 Å². The zero-order chi connectivity index (χ0) is 12.5. The van der Waals surface area contributed by atoms with Crippen LogP contribution in [0.1, 0.15) is 45.7 Å². The van der Waals surface area contributed by atoms with Crippen LogP contribution in [0.15, 0.2) is 34.9 Å². The fourth-order valence-corrected chi connectivity index (χ4v) is 3.51. The Labute approximate surface area is 116 Å². The van der Waals surface area contributed by atoms with E-state index in [0.29, 0.717) is 0 Å². The molecule has 0 amide bonds. The normalized spacial score (nSPS) is 16.3. The van der Waals surface area contributed by atoms with Crippen molar-refractivity contribution in [1.29, 1.82) is 0 Å². The van der Waals surface area contributed by atoms with Gasteiger partial charge in [-0.05, 0) is 55.4 Å². The molecule has 0 saturated heterocycles. The van der Waals surface area contributed by atoms with Crippen molar-refractivity contribution < 1.29 is 4.42 Å². The molecule has 0 radical (unpaired) electrons. The van der Waals surface area contributed by atoms with Gasteiger partial charge in [-0.2, -0.15) is 0 Å². The highest BCUT2D eigenvalue weighted by molar-refractivity contribution is 9.09. The summed E-state index contributed by atoms with van der Waals surface area (Å²) in [7, 11) is 0. The van der Waals surface area contributed by atoms with Crippen molar-refractivity contribution in [3.05, 3.63) is 58.5 Å². The summed E-state index contributed by atoms with van der Waals surface area (Å²) in [6, 6.07) is 8.96. The fourth-order valence-electron chi connectivity index (χ4n) is 2.75. The van der Waals surface area contributed by atoms with E-state index in [1.807, 2.05) is 13.0 Å². The molecule has 18 heavy (non-hydrogen) atoms. The SMILES string of the molecule is Cc1occc1C(Br)c1ccc2c(c1)CCCC2. The number of benzene rings is 1. The second-order valence-electron chi connectivity index (χ2n) is 5.03. The monoisotopic (exact) mass is 304 g/mol. The predicted octanol–water partition coefficient (Wildman–Crippen LogP) is 4.95. The van der Waals surface area contributed by atoms with Crippen molar-refractivity contribution in [2.75, 3.05) is 0 Å². The summed E-state index contributed by atoms with van der Waals surface area (Å²) >= 11 is 3.79. The maximum absolute atomic E-state index is 5.39. The lowest BCUT2D eigenvalue weighted by Gasteiger charge is -2.18. The van der Waals surface area contributed by atoms with Gasteiger partial charge in [-0.15, -0.1) is 0 Å². The Balaban J connectivity index is 1.95. The molecule has 1 nitrogen and oxygen atoms in total. The van der Waals surface area contributed by atoms with E-state index in [0.717, 1.165) is 5.76 Å². The molecule has 1 heterocycles. The van der Waals surface area contributed by atoms with Gasteiger partial charge >= 0.3 is 0 Å². The molecule has 0 bridgehead atoms. The van der Waals surface area contributed by atoms with Crippen LogP contribution in [0, 0.1) is 6.92 Å².